The number of aromatic nitrogens is 1. The van der Waals surface area contributed by atoms with E-state index in [0.29, 0.717) is 13.2 Å². The molecule has 5 nitrogen and oxygen atoms in total. The first-order valence-electron chi connectivity index (χ1n) is 7.84. The van der Waals surface area contributed by atoms with Gasteiger partial charge in [-0.05, 0) is 38.1 Å². The highest BCUT2D eigenvalue weighted by molar-refractivity contribution is 9.10. The Morgan fingerprint density at radius 1 is 1.21 bits per heavy atom. The second-order valence-corrected chi connectivity index (χ2v) is 7.43. The third-order valence-electron chi connectivity index (χ3n) is 3.40. The lowest BCUT2D eigenvalue weighted by Crippen LogP contribution is -2.40. The molecule has 1 heterocycles. The molecule has 0 bridgehead atoms. The lowest BCUT2D eigenvalue weighted by atomic mass is 10.3. The average Bonchev–Trinajstić information content (AvgIpc) is 2.89. The Labute approximate surface area is 155 Å². The number of hydrogen-bond acceptors (Lipinski definition) is 4. The number of ether oxygens (including phenoxy) is 1. The average molecular weight is 411 g/mol. The van der Waals surface area contributed by atoms with E-state index in [0.717, 1.165) is 39.8 Å². The van der Waals surface area contributed by atoms with Crippen LogP contribution in [0.25, 0.3) is 0 Å². The highest BCUT2D eigenvalue weighted by atomic mass is 79.9. The highest BCUT2D eigenvalue weighted by Crippen LogP contribution is 2.16. The minimum atomic E-state index is 0.577. The molecule has 0 aliphatic rings. The van der Waals surface area contributed by atoms with Gasteiger partial charge in [-0.25, -0.2) is 4.98 Å². The smallest absolute Gasteiger partial charge is 0.191 e. The molecule has 0 radical (unpaired) electrons. The third kappa shape index (κ3) is 6.13. The van der Waals surface area contributed by atoms with Gasteiger partial charge in [0.05, 0.1) is 17.2 Å². The second-order valence-electron chi connectivity index (χ2n) is 5.23. The summed E-state index contributed by atoms with van der Waals surface area (Å²) in [4.78, 5) is 10.0. The maximum absolute atomic E-state index is 5.67. The Kier molecular flexibility index (Phi) is 7.52. The van der Waals surface area contributed by atoms with Gasteiger partial charge in [0, 0.05) is 29.4 Å². The van der Waals surface area contributed by atoms with Crippen LogP contribution in [0.2, 0.25) is 0 Å². The van der Waals surface area contributed by atoms with Gasteiger partial charge < -0.3 is 15.4 Å². The van der Waals surface area contributed by atoms with Crippen LogP contribution in [0.5, 0.6) is 5.75 Å². The number of aryl methyl sites for hydroxylation is 2. The van der Waals surface area contributed by atoms with Gasteiger partial charge in [-0.3, -0.25) is 4.99 Å². The number of halogens is 1. The van der Waals surface area contributed by atoms with E-state index >= 15 is 0 Å². The van der Waals surface area contributed by atoms with Crippen LogP contribution < -0.4 is 15.4 Å². The zero-order valence-electron chi connectivity index (χ0n) is 14.2. The van der Waals surface area contributed by atoms with E-state index in [1.54, 1.807) is 18.4 Å². The standard InChI is InChI=1S/C17H23BrN4OS/c1-12-13(2)24-16(22-12)8-9-20-17(19-3)21-10-11-23-15-6-4-14(18)5-7-15/h4-7H,8-11H2,1-3H3,(H2,19,20,21). The van der Waals surface area contributed by atoms with Crippen molar-refractivity contribution in [3.8, 4) is 5.75 Å². The molecule has 2 rings (SSSR count). The van der Waals surface area contributed by atoms with Gasteiger partial charge in [-0.1, -0.05) is 15.9 Å². The van der Waals surface area contributed by atoms with Crippen molar-refractivity contribution in [1.82, 2.24) is 15.6 Å². The summed E-state index contributed by atoms with van der Waals surface area (Å²) in [7, 11) is 1.77. The number of hydrogen-bond donors (Lipinski definition) is 2. The second kappa shape index (κ2) is 9.64. The van der Waals surface area contributed by atoms with E-state index in [-0.39, 0.29) is 0 Å². The van der Waals surface area contributed by atoms with E-state index in [1.807, 2.05) is 24.3 Å². The Morgan fingerprint density at radius 3 is 2.54 bits per heavy atom. The third-order valence-corrected chi connectivity index (χ3v) is 5.07. The zero-order chi connectivity index (χ0) is 17.4. The molecule has 130 valence electrons. The molecule has 0 aliphatic carbocycles. The molecular formula is C17H23BrN4OS. The van der Waals surface area contributed by atoms with Crippen molar-refractivity contribution in [3.05, 3.63) is 44.3 Å². The Balaban J connectivity index is 1.64. The molecule has 0 amide bonds. The lowest BCUT2D eigenvalue weighted by molar-refractivity contribution is 0.322. The molecule has 0 saturated carbocycles. The normalized spacial score (nSPS) is 11.4. The fraction of sp³-hybridized carbons (Fsp3) is 0.412. The molecule has 24 heavy (non-hydrogen) atoms. The number of benzene rings is 1. The maximum atomic E-state index is 5.67. The SMILES string of the molecule is CN=C(NCCOc1ccc(Br)cc1)NCCc1nc(C)c(C)s1. The fourth-order valence-electron chi connectivity index (χ4n) is 2.02. The highest BCUT2D eigenvalue weighted by Gasteiger charge is 2.04. The molecule has 0 aliphatic heterocycles. The molecule has 2 aromatic rings. The number of rotatable bonds is 7. The lowest BCUT2D eigenvalue weighted by Gasteiger charge is -2.12. The van der Waals surface area contributed by atoms with Crippen molar-refractivity contribution < 1.29 is 4.74 Å². The van der Waals surface area contributed by atoms with E-state index < -0.39 is 0 Å². The molecular weight excluding hydrogens is 388 g/mol. The van der Waals surface area contributed by atoms with E-state index in [4.69, 9.17) is 4.74 Å². The summed E-state index contributed by atoms with van der Waals surface area (Å²) < 4.78 is 6.72. The number of thiazole rings is 1. The van der Waals surface area contributed by atoms with Crippen LogP contribution in [-0.4, -0.2) is 37.7 Å². The van der Waals surface area contributed by atoms with Gasteiger partial charge in [0.15, 0.2) is 5.96 Å². The summed E-state index contributed by atoms with van der Waals surface area (Å²) in [5, 5.41) is 7.70. The van der Waals surface area contributed by atoms with Crippen LogP contribution in [0.3, 0.4) is 0 Å². The summed E-state index contributed by atoms with van der Waals surface area (Å²) >= 11 is 5.17. The van der Waals surface area contributed by atoms with Crippen molar-refractivity contribution in [1.29, 1.82) is 0 Å². The van der Waals surface area contributed by atoms with Gasteiger partial charge >= 0.3 is 0 Å². The summed E-state index contributed by atoms with van der Waals surface area (Å²) in [5.41, 5.74) is 1.13. The molecule has 0 atom stereocenters. The Morgan fingerprint density at radius 2 is 1.92 bits per heavy atom. The summed E-state index contributed by atoms with van der Waals surface area (Å²) in [5.74, 6) is 1.64. The number of aliphatic imine (C=N–C) groups is 1. The minimum Gasteiger partial charge on any atom is -0.492 e. The summed E-state index contributed by atoms with van der Waals surface area (Å²) in [6.45, 7) is 6.22. The first kappa shape index (κ1) is 18.7. The quantitative estimate of drug-likeness (QED) is 0.417. The topological polar surface area (TPSA) is 58.5 Å². The van der Waals surface area contributed by atoms with Crippen LogP contribution in [0, 0.1) is 13.8 Å². The Bertz CT molecular complexity index is 650. The molecule has 7 heteroatoms. The maximum Gasteiger partial charge on any atom is 0.191 e. The van der Waals surface area contributed by atoms with Crippen molar-refractivity contribution in [3.63, 3.8) is 0 Å². The van der Waals surface area contributed by atoms with Crippen molar-refractivity contribution in [2.75, 3.05) is 26.7 Å². The molecule has 0 spiro atoms. The predicted molar refractivity (Wildman–Crippen MR) is 104 cm³/mol. The molecule has 0 saturated heterocycles. The van der Waals surface area contributed by atoms with Crippen LogP contribution >= 0.6 is 27.3 Å². The molecule has 1 aromatic heterocycles. The van der Waals surface area contributed by atoms with E-state index in [1.165, 1.54) is 4.88 Å². The van der Waals surface area contributed by atoms with Gasteiger partial charge in [0.2, 0.25) is 0 Å². The Hall–Kier alpha value is -1.60. The van der Waals surface area contributed by atoms with E-state index in [9.17, 15) is 0 Å². The number of nitrogens with zero attached hydrogens (tertiary/aromatic N) is 2. The number of guanidine groups is 1. The fourth-order valence-corrected chi connectivity index (χ4v) is 3.22. The molecule has 1 aromatic carbocycles. The molecule has 2 N–H and O–H groups in total. The van der Waals surface area contributed by atoms with Gasteiger partial charge in [-0.15, -0.1) is 11.3 Å². The molecule has 0 fully saturated rings. The molecule has 0 unspecified atom stereocenters. The van der Waals surface area contributed by atoms with E-state index in [2.05, 4.69) is 50.4 Å². The van der Waals surface area contributed by atoms with Crippen molar-refractivity contribution in [2.45, 2.75) is 20.3 Å². The van der Waals surface area contributed by atoms with Crippen LogP contribution in [0.1, 0.15) is 15.6 Å². The summed E-state index contributed by atoms with van der Waals surface area (Å²) in [6, 6.07) is 7.81. The van der Waals surface area contributed by atoms with Crippen molar-refractivity contribution in [2.24, 2.45) is 4.99 Å². The van der Waals surface area contributed by atoms with Crippen LogP contribution in [0.4, 0.5) is 0 Å². The first-order chi connectivity index (χ1) is 11.6. The largest absolute Gasteiger partial charge is 0.492 e. The number of nitrogens with one attached hydrogen (secondary N) is 2. The van der Waals surface area contributed by atoms with Crippen LogP contribution in [-0.2, 0) is 6.42 Å². The van der Waals surface area contributed by atoms with Crippen molar-refractivity contribution >= 4 is 33.2 Å². The zero-order valence-corrected chi connectivity index (χ0v) is 16.6. The van der Waals surface area contributed by atoms with Gasteiger partial charge in [0.25, 0.3) is 0 Å². The summed E-state index contributed by atoms with van der Waals surface area (Å²) in [6.07, 6.45) is 0.898. The van der Waals surface area contributed by atoms with Crippen LogP contribution in [0.15, 0.2) is 33.7 Å². The first-order valence-corrected chi connectivity index (χ1v) is 9.45. The predicted octanol–water partition coefficient (Wildman–Crippen LogP) is 3.31. The minimum absolute atomic E-state index is 0.577. The van der Waals surface area contributed by atoms with Gasteiger partial charge in [0.1, 0.15) is 12.4 Å². The monoisotopic (exact) mass is 410 g/mol. The van der Waals surface area contributed by atoms with Gasteiger partial charge in [-0.2, -0.15) is 0 Å².